The number of rotatable bonds is 5. The lowest BCUT2D eigenvalue weighted by Gasteiger charge is -2.43. The average Bonchev–Trinajstić information content (AvgIpc) is 2.41. The monoisotopic (exact) mass is 270 g/mol. The van der Waals surface area contributed by atoms with E-state index in [0.717, 1.165) is 52.2 Å². The first-order chi connectivity index (χ1) is 9.10. The van der Waals surface area contributed by atoms with Crippen LogP contribution in [0, 0.1) is 5.41 Å². The van der Waals surface area contributed by atoms with Crippen molar-refractivity contribution < 1.29 is 9.84 Å². The molecular weight excluding hydrogens is 240 g/mol. The highest BCUT2D eigenvalue weighted by Crippen LogP contribution is 2.30. The van der Waals surface area contributed by atoms with Gasteiger partial charge in [-0.15, -0.1) is 0 Å². The van der Waals surface area contributed by atoms with Crippen molar-refractivity contribution in [3.8, 4) is 0 Å². The van der Waals surface area contributed by atoms with E-state index < -0.39 is 0 Å². The van der Waals surface area contributed by atoms with Gasteiger partial charge in [-0.25, -0.2) is 0 Å². The van der Waals surface area contributed by atoms with Crippen molar-refractivity contribution in [3.63, 3.8) is 0 Å². The summed E-state index contributed by atoms with van der Waals surface area (Å²) in [5.41, 5.74) is 0.269. The Kier molecular flexibility index (Phi) is 5.63. The number of ether oxygens (including phenoxy) is 1. The summed E-state index contributed by atoms with van der Waals surface area (Å²) >= 11 is 0. The zero-order valence-electron chi connectivity index (χ0n) is 12.5. The van der Waals surface area contributed by atoms with Gasteiger partial charge in [-0.05, 0) is 25.7 Å². The van der Waals surface area contributed by atoms with E-state index in [2.05, 4.69) is 24.1 Å². The molecule has 0 aliphatic carbocycles. The van der Waals surface area contributed by atoms with Gasteiger partial charge >= 0.3 is 0 Å². The molecule has 2 saturated heterocycles. The summed E-state index contributed by atoms with van der Waals surface area (Å²) in [6.45, 7) is 10.4. The van der Waals surface area contributed by atoms with Gasteiger partial charge in [0.2, 0.25) is 0 Å². The number of likely N-dealkylation sites (tertiary alicyclic amines) is 1. The Hall–Kier alpha value is -0.160. The van der Waals surface area contributed by atoms with Crippen molar-refractivity contribution in [2.45, 2.75) is 51.7 Å². The smallest absolute Gasteiger partial charge is 0.0564 e. The molecule has 0 amide bonds. The van der Waals surface area contributed by atoms with E-state index in [1.807, 2.05) is 0 Å². The molecule has 2 heterocycles. The summed E-state index contributed by atoms with van der Waals surface area (Å²) in [5.74, 6) is 0. The van der Waals surface area contributed by atoms with Gasteiger partial charge in [0.25, 0.3) is 0 Å². The van der Waals surface area contributed by atoms with Crippen LogP contribution in [0.4, 0.5) is 0 Å². The Balaban J connectivity index is 1.89. The second kappa shape index (κ2) is 7.02. The number of piperidine rings is 1. The normalized spacial score (nSPS) is 30.9. The summed E-state index contributed by atoms with van der Waals surface area (Å²) in [7, 11) is 0. The lowest BCUT2D eigenvalue weighted by Crippen LogP contribution is -2.51. The van der Waals surface area contributed by atoms with Crippen molar-refractivity contribution in [1.29, 1.82) is 0 Å². The van der Waals surface area contributed by atoms with E-state index in [0.29, 0.717) is 6.04 Å². The van der Waals surface area contributed by atoms with E-state index in [9.17, 15) is 5.11 Å². The third kappa shape index (κ3) is 4.71. The first-order valence-electron chi connectivity index (χ1n) is 7.81. The highest BCUT2D eigenvalue weighted by atomic mass is 16.5. The Bertz CT molecular complexity index is 257. The molecule has 4 nitrogen and oxygen atoms in total. The van der Waals surface area contributed by atoms with Gasteiger partial charge in [0.15, 0.2) is 0 Å². The van der Waals surface area contributed by atoms with Gasteiger partial charge in [-0.3, -0.25) is 0 Å². The summed E-state index contributed by atoms with van der Waals surface area (Å²) in [4.78, 5) is 2.52. The third-order valence-corrected chi connectivity index (χ3v) is 4.41. The van der Waals surface area contributed by atoms with Crippen molar-refractivity contribution >= 4 is 0 Å². The molecule has 0 aromatic heterocycles. The highest BCUT2D eigenvalue weighted by Gasteiger charge is 2.35. The van der Waals surface area contributed by atoms with Crippen LogP contribution in [0.5, 0.6) is 0 Å². The second-order valence-electron chi connectivity index (χ2n) is 6.70. The van der Waals surface area contributed by atoms with Crippen molar-refractivity contribution in [2.24, 2.45) is 5.41 Å². The van der Waals surface area contributed by atoms with E-state index in [-0.39, 0.29) is 11.5 Å². The van der Waals surface area contributed by atoms with Gasteiger partial charge < -0.3 is 20.1 Å². The van der Waals surface area contributed by atoms with E-state index in [1.54, 1.807) is 0 Å². The molecule has 19 heavy (non-hydrogen) atoms. The molecule has 0 bridgehead atoms. The number of hydrogen-bond acceptors (Lipinski definition) is 4. The van der Waals surface area contributed by atoms with Crippen molar-refractivity contribution in [3.05, 3.63) is 0 Å². The van der Waals surface area contributed by atoms with Crippen LogP contribution in [0.2, 0.25) is 0 Å². The molecule has 0 radical (unpaired) electrons. The molecule has 1 atom stereocenters. The second-order valence-corrected chi connectivity index (χ2v) is 6.70. The van der Waals surface area contributed by atoms with Crippen LogP contribution in [-0.2, 0) is 4.74 Å². The van der Waals surface area contributed by atoms with Gasteiger partial charge in [-0.1, -0.05) is 13.8 Å². The Morgan fingerprint density at radius 2 is 2.11 bits per heavy atom. The standard InChI is InChI=1S/C15H30N2O2/c1-13(2)16-10-15(6-3-9-19-12-15)11-17-7-4-14(18)5-8-17/h13-14,16,18H,3-12H2,1-2H3. The molecular formula is C15H30N2O2. The lowest BCUT2D eigenvalue weighted by molar-refractivity contribution is -0.0357. The largest absolute Gasteiger partial charge is 0.393 e. The molecule has 4 heteroatoms. The molecule has 1 unspecified atom stereocenters. The van der Waals surface area contributed by atoms with Crippen LogP contribution in [0.3, 0.4) is 0 Å². The Morgan fingerprint density at radius 3 is 2.68 bits per heavy atom. The minimum Gasteiger partial charge on any atom is -0.393 e. The van der Waals surface area contributed by atoms with Crippen LogP contribution < -0.4 is 5.32 Å². The molecule has 112 valence electrons. The zero-order valence-corrected chi connectivity index (χ0v) is 12.5. The topological polar surface area (TPSA) is 44.7 Å². The third-order valence-electron chi connectivity index (χ3n) is 4.41. The van der Waals surface area contributed by atoms with E-state index in [4.69, 9.17) is 4.74 Å². The number of aliphatic hydroxyl groups is 1. The Labute approximate surface area is 117 Å². The van der Waals surface area contributed by atoms with E-state index >= 15 is 0 Å². The average molecular weight is 270 g/mol. The van der Waals surface area contributed by atoms with Crippen molar-refractivity contribution in [1.82, 2.24) is 10.2 Å². The fourth-order valence-corrected chi connectivity index (χ4v) is 3.20. The van der Waals surface area contributed by atoms with Gasteiger partial charge in [0, 0.05) is 44.2 Å². The predicted molar refractivity (Wildman–Crippen MR) is 77.3 cm³/mol. The number of nitrogens with zero attached hydrogens (tertiary/aromatic N) is 1. The maximum atomic E-state index is 9.61. The van der Waals surface area contributed by atoms with E-state index in [1.165, 1.54) is 12.8 Å². The molecule has 0 aromatic rings. The minimum atomic E-state index is -0.0800. The predicted octanol–water partition coefficient (Wildman–Crippen LogP) is 1.24. The number of hydrogen-bond donors (Lipinski definition) is 2. The quantitative estimate of drug-likeness (QED) is 0.789. The lowest BCUT2D eigenvalue weighted by atomic mass is 9.81. The maximum Gasteiger partial charge on any atom is 0.0564 e. The fraction of sp³-hybridized carbons (Fsp3) is 1.00. The van der Waals surface area contributed by atoms with Crippen LogP contribution in [0.25, 0.3) is 0 Å². The molecule has 0 saturated carbocycles. The SMILES string of the molecule is CC(C)NCC1(CN2CCC(O)CC2)CCCOC1. The summed E-state index contributed by atoms with van der Waals surface area (Å²) in [6.07, 6.45) is 4.20. The van der Waals surface area contributed by atoms with Crippen LogP contribution in [-0.4, -0.2) is 61.5 Å². The molecule has 2 rings (SSSR count). The number of nitrogens with one attached hydrogen (secondary N) is 1. The summed E-state index contributed by atoms with van der Waals surface area (Å²) < 4.78 is 5.76. The molecule has 2 fully saturated rings. The molecule has 2 aliphatic heterocycles. The molecule has 2 aliphatic rings. The van der Waals surface area contributed by atoms with Crippen LogP contribution in [0.15, 0.2) is 0 Å². The van der Waals surface area contributed by atoms with Crippen LogP contribution >= 0.6 is 0 Å². The van der Waals surface area contributed by atoms with Gasteiger partial charge in [0.05, 0.1) is 12.7 Å². The van der Waals surface area contributed by atoms with Gasteiger partial charge in [0.1, 0.15) is 0 Å². The summed E-state index contributed by atoms with van der Waals surface area (Å²) in [6, 6.07) is 0.530. The van der Waals surface area contributed by atoms with Gasteiger partial charge in [-0.2, -0.15) is 0 Å². The minimum absolute atomic E-state index is 0.0800. The summed E-state index contributed by atoms with van der Waals surface area (Å²) in [5, 5.41) is 13.2. The van der Waals surface area contributed by atoms with Crippen molar-refractivity contribution in [2.75, 3.05) is 39.4 Å². The maximum absolute atomic E-state index is 9.61. The van der Waals surface area contributed by atoms with Crippen LogP contribution in [0.1, 0.15) is 39.5 Å². The Morgan fingerprint density at radius 1 is 1.37 bits per heavy atom. The fourth-order valence-electron chi connectivity index (χ4n) is 3.20. The zero-order chi connectivity index (χ0) is 13.7. The number of aliphatic hydroxyl groups excluding tert-OH is 1. The highest BCUT2D eigenvalue weighted by molar-refractivity contribution is 4.89. The first-order valence-corrected chi connectivity index (χ1v) is 7.81. The molecule has 2 N–H and O–H groups in total. The molecule has 0 spiro atoms. The molecule has 0 aromatic carbocycles. The first kappa shape index (κ1) is 15.2.